The molecule has 2 heterocycles. The predicted octanol–water partition coefficient (Wildman–Crippen LogP) is 3.39. The van der Waals surface area contributed by atoms with Crippen LogP contribution in [0.25, 0.3) is 0 Å². The molecule has 0 spiro atoms. The number of carbonyl (C=O) groups excluding carboxylic acids is 2. The maximum Gasteiger partial charge on any atom is 0.314 e. The number of hydrogen-bond donors (Lipinski definition) is 0. The lowest BCUT2D eigenvalue weighted by atomic mass is 9.74. The van der Waals surface area contributed by atoms with E-state index in [1.165, 1.54) is 6.07 Å². The first kappa shape index (κ1) is 21.0. The van der Waals surface area contributed by atoms with Gasteiger partial charge < -0.3 is 14.2 Å². The highest BCUT2D eigenvalue weighted by atomic mass is 19.1. The van der Waals surface area contributed by atoms with Crippen LogP contribution >= 0.6 is 0 Å². The van der Waals surface area contributed by atoms with E-state index in [2.05, 4.69) is 5.16 Å². The normalized spacial score (nSPS) is 19.2. The Morgan fingerprint density at radius 3 is 2.72 bits per heavy atom. The number of aryl methyl sites for hydroxylation is 2. The molecule has 1 aliphatic heterocycles. The van der Waals surface area contributed by atoms with Crippen LogP contribution in [0.3, 0.4) is 0 Å². The number of halogens is 1. The minimum absolute atomic E-state index is 0.0960. The van der Waals surface area contributed by atoms with E-state index in [1.807, 2.05) is 0 Å². The number of aromatic nitrogens is 1. The standard InChI is InChI=1S/C22H27FN2O4/c1-4-28-21(27)22(13-17-8-5-6-9-19(17)23)10-7-11-25(14-22)20(26)12-18-15(2)24-29-16(18)3/h5-6,8-9H,4,7,10-14H2,1-3H3/t22-/m0/s1. The molecule has 7 heteroatoms. The summed E-state index contributed by atoms with van der Waals surface area (Å²) in [6, 6.07) is 6.44. The maximum absolute atomic E-state index is 14.3. The molecule has 0 saturated carbocycles. The van der Waals surface area contributed by atoms with Gasteiger partial charge in [-0.15, -0.1) is 0 Å². The summed E-state index contributed by atoms with van der Waals surface area (Å²) < 4.78 is 24.8. The number of piperidine rings is 1. The zero-order valence-corrected chi connectivity index (χ0v) is 17.2. The second-order valence-corrected chi connectivity index (χ2v) is 7.67. The van der Waals surface area contributed by atoms with Gasteiger partial charge in [0.1, 0.15) is 11.6 Å². The van der Waals surface area contributed by atoms with Crippen LogP contribution < -0.4 is 0 Å². The summed E-state index contributed by atoms with van der Waals surface area (Å²) in [5.74, 6) is -0.203. The Bertz CT molecular complexity index is 875. The molecule has 0 bridgehead atoms. The summed E-state index contributed by atoms with van der Waals surface area (Å²) in [6.45, 7) is 6.34. The van der Waals surface area contributed by atoms with Gasteiger partial charge in [-0.05, 0) is 51.7 Å². The van der Waals surface area contributed by atoms with Crippen molar-refractivity contribution in [2.24, 2.45) is 5.41 Å². The average Bonchev–Trinajstić information content (AvgIpc) is 3.02. The topological polar surface area (TPSA) is 72.6 Å². The Labute approximate surface area is 170 Å². The summed E-state index contributed by atoms with van der Waals surface area (Å²) in [6.07, 6.45) is 1.57. The SMILES string of the molecule is CCOC(=O)[C@]1(Cc2ccccc2F)CCCN(C(=O)Cc2c(C)noc2C)C1. The lowest BCUT2D eigenvalue weighted by Gasteiger charge is -2.41. The number of rotatable bonds is 6. The molecule has 1 aliphatic rings. The Morgan fingerprint density at radius 2 is 2.07 bits per heavy atom. The van der Waals surface area contributed by atoms with Crippen LogP contribution in [0.15, 0.2) is 28.8 Å². The summed E-state index contributed by atoms with van der Waals surface area (Å²) in [5, 5.41) is 3.90. The maximum atomic E-state index is 14.3. The zero-order chi connectivity index (χ0) is 21.0. The molecule has 0 aliphatic carbocycles. The van der Waals surface area contributed by atoms with Crippen LogP contribution in [-0.4, -0.2) is 41.6 Å². The van der Waals surface area contributed by atoms with Crippen LogP contribution in [0.5, 0.6) is 0 Å². The molecule has 0 radical (unpaired) electrons. The molecule has 1 saturated heterocycles. The highest BCUT2D eigenvalue weighted by molar-refractivity contribution is 5.82. The highest BCUT2D eigenvalue weighted by Gasteiger charge is 2.45. The zero-order valence-electron chi connectivity index (χ0n) is 17.2. The predicted molar refractivity (Wildman–Crippen MR) is 105 cm³/mol. The van der Waals surface area contributed by atoms with E-state index in [1.54, 1.807) is 43.9 Å². The Kier molecular flexibility index (Phi) is 6.35. The molecule has 6 nitrogen and oxygen atoms in total. The van der Waals surface area contributed by atoms with Crippen molar-refractivity contribution in [2.75, 3.05) is 19.7 Å². The van der Waals surface area contributed by atoms with Crippen LogP contribution in [0, 0.1) is 25.1 Å². The van der Waals surface area contributed by atoms with Gasteiger partial charge in [0.05, 0.1) is 24.1 Å². The Morgan fingerprint density at radius 1 is 1.31 bits per heavy atom. The third-order valence-corrected chi connectivity index (χ3v) is 5.63. The minimum Gasteiger partial charge on any atom is -0.466 e. The number of hydrogen-bond acceptors (Lipinski definition) is 5. The number of ether oxygens (including phenoxy) is 1. The van der Waals surface area contributed by atoms with Crippen molar-refractivity contribution >= 4 is 11.9 Å². The molecule has 2 aromatic rings. The van der Waals surface area contributed by atoms with E-state index >= 15 is 0 Å². The first-order valence-electron chi connectivity index (χ1n) is 9.96. The van der Waals surface area contributed by atoms with Gasteiger partial charge in [-0.2, -0.15) is 0 Å². The molecule has 1 aromatic carbocycles. The third-order valence-electron chi connectivity index (χ3n) is 5.63. The molecule has 1 amide bonds. The van der Waals surface area contributed by atoms with E-state index in [9.17, 15) is 14.0 Å². The number of benzene rings is 1. The van der Waals surface area contributed by atoms with Crippen molar-refractivity contribution < 1.29 is 23.2 Å². The van der Waals surface area contributed by atoms with Crippen molar-refractivity contribution in [1.82, 2.24) is 10.1 Å². The van der Waals surface area contributed by atoms with Crippen molar-refractivity contribution in [2.45, 2.75) is 46.5 Å². The van der Waals surface area contributed by atoms with Crippen molar-refractivity contribution in [3.8, 4) is 0 Å². The number of esters is 1. The number of amides is 1. The van der Waals surface area contributed by atoms with Crippen LogP contribution in [0.2, 0.25) is 0 Å². The quantitative estimate of drug-likeness (QED) is 0.693. The first-order valence-corrected chi connectivity index (χ1v) is 9.96. The van der Waals surface area contributed by atoms with Crippen LogP contribution in [0.4, 0.5) is 4.39 Å². The fourth-order valence-electron chi connectivity index (χ4n) is 4.04. The molecular formula is C22H27FN2O4. The summed E-state index contributed by atoms with van der Waals surface area (Å²) in [4.78, 5) is 27.6. The second kappa shape index (κ2) is 8.76. The third kappa shape index (κ3) is 4.49. The van der Waals surface area contributed by atoms with Gasteiger partial charge >= 0.3 is 5.97 Å². The summed E-state index contributed by atoms with van der Waals surface area (Å²) in [7, 11) is 0. The van der Waals surface area contributed by atoms with E-state index in [0.29, 0.717) is 36.4 Å². The lowest BCUT2D eigenvalue weighted by molar-refractivity contribution is -0.160. The molecule has 0 N–H and O–H groups in total. The molecule has 1 atom stereocenters. The molecular weight excluding hydrogens is 375 g/mol. The fraction of sp³-hybridized carbons (Fsp3) is 0.500. The molecule has 1 fully saturated rings. The number of carbonyl (C=O) groups is 2. The van der Waals surface area contributed by atoms with Gasteiger partial charge in [-0.3, -0.25) is 9.59 Å². The number of nitrogens with zero attached hydrogens (tertiary/aromatic N) is 2. The van der Waals surface area contributed by atoms with Crippen molar-refractivity contribution in [3.63, 3.8) is 0 Å². The van der Waals surface area contributed by atoms with E-state index in [0.717, 1.165) is 5.56 Å². The van der Waals surface area contributed by atoms with Gasteiger partial charge in [0.15, 0.2) is 0 Å². The van der Waals surface area contributed by atoms with Gasteiger partial charge in [0.25, 0.3) is 0 Å². The fourth-order valence-corrected chi connectivity index (χ4v) is 4.04. The van der Waals surface area contributed by atoms with Crippen LogP contribution in [-0.2, 0) is 27.2 Å². The van der Waals surface area contributed by atoms with E-state index < -0.39 is 5.41 Å². The average molecular weight is 402 g/mol. The number of likely N-dealkylation sites (tertiary alicyclic amines) is 1. The van der Waals surface area contributed by atoms with Crippen molar-refractivity contribution in [3.05, 3.63) is 52.7 Å². The first-order chi connectivity index (χ1) is 13.9. The van der Waals surface area contributed by atoms with Crippen molar-refractivity contribution in [1.29, 1.82) is 0 Å². The second-order valence-electron chi connectivity index (χ2n) is 7.67. The minimum atomic E-state index is -0.954. The lowest BCUT2D eigenvalue weighted by Crippen LogP contribution is -2.52. The van der Waals surface area contributed by atoms with E-state index in [-0.39, 0.29) is 43.7 Å². The van der Waals surface area contributed by atoms with Crippen LogP contribution in [0.1, 0.15) is 42.3 Å². The molecule has 0 unspecified atom stereocenters. The van der Waals surface area contributed by atoms with Gasteiger partial charge in [-0.1, -0.05) is 23.4 Å². The smallest absolute Gasteiger partial charge is 0.314 e. The van der Waals surface area contributed by atoms with Gasteiger partial charge in [0, 0.05) is 18.7 Å². The molecule has 156 valence electrons. The Hall–Kier alpha value is -2.70. The highest BCUT2D eigenvalue weighted by Crippen LogP contribution is 2.36. The molecule has 1 aromatic heterocycles. The van der Waals surface area contributed by atoms with Gasteiger partial charge in [0.2, 0.25) is 5.91 Å². The van der Waals surface area contributed by atoms with Gasteiger partial charge in [-0.25, -0.2) is 4.39 Å². The largest absolute Gasteiger partial charge is 0.466 e. The van der Waals surface area contributed by atoms with E-state index in [4.69, 9.17) is 9.26 Å². The molecule has 3 rings (SSSR count). The Balaban J connectivity index is 1.84. The monoisotopic (exact) mass is 402 g/mol. The summed E-state index contributed by atoms with van der Waals surface area (Å²) >= 11 is 0. The summed E-state index contributed by atoms with van der Waals surface area (Å²) in [5.41, 5.74) is 0.970. The molecule has 29 heavy (non-hydrogen) atoms.